The molecule has 0 saturated carbocycles. The van der Waals surface area contributed by atoms with Crippen molar-refractivity contribution in [2.75, 3.05) is 13.7 Å². The van der Waals surface area contributed by atoms with E-state index in [1.54, 1.807) is 30.3 Å². The fourth-order valence-electron chi connectivity index (χ4n) is 2.17. The Morgan fingerprint density at radius 3 is 2.79 bits per heavy atom. The average Bonchev–Trinajstić information content (AvgIpc) is 2.61. The van der Waals surface area contributed by atoms with Crippen LogP contribution in [0.25, 0.3) is 0 Å². The lowest BCUT2D eigenvalue weighted by atomic mass is 10.1. The molecule has 2 aromatic carbocycles. The summed E-state index contributed by atoms with van der Waals surface area (Å²) in [5.41, 5.74) is 1.88. The summed E-state index contributed by atoms with van der Waals surface area (Å²) in [7, 11) is 1.53. The van der Waals surface area contributed by atoms with Crippen LogP contribution in [0.15, 0.2) is 40.9 Å². The molecule has 0 atom stereocenters. The Kier molecular flexibility index (Phi) is 6.21. The highest BCUT2D eigenvalue weighted by Gasteiger charge is 2.15. The number of methoxy groups -OCH3 is 1. The Morgan fingerprint density at radius 1 is 1.33 bits per heavy atom. The maximum absolute atomic E-state index is 12.4. The zero-order chi connectivity index (χ0) is 17.5. The van der Waals surface area contributed by atoms with Crippen molar-refractivity contribution in [2.45, 2.75) is 13.5 Å². The van der Waals surface area contributed by atoms with Crippen LogP contribution in [-0.4, -0.2) is 19.6 Å². The number of nitrogens with one attached hydrogen (secondary N) is 1. The van der Waals surface area contributed by atoms with E-state index >= 15 is 0 Å². The first kappa shape index (κ1) is 17.8. The van der Waals surface area contributed by atoms with Crippen LogP contribution in [0.5, 0.6) is 11.5 Å². The Morgan fingerprint density at radius 2 is 2.12 bits per heavy atom. The van der Waals surface area contributed by atoms with Crippen molar-refractivity contribution in [1.82, 2.24) is 5.32 Å². The van der Waals surface area contributed by atoms with E-state index in [4.69, 9.17) is 14.7 Å². The molecule has 6 heteroatoms. The summed E-state index contributed by atoms with van der Waals surface area (Å²) < 4.78 is 11.5. The summed E-state index contributed by atoms with van der Waals surface area (Å²) in [6, 6.07) is 12.5. The number of nitrogens with zero attached hydrogens (tertiary/aromatic N) is 1. The van der Waals surface area contributed by atoms with Gasteiger partial charge in [-0.25, -0.2) is 0 Å². The van der Waals surface area contributed by atoms with E-state index in [0.29, 0.717) is 40.3 Å². The summed E-state index contributed by atoms with van der Waals surface area (Å²) >= 11 is 3.40. The van der Waals surface area contributed by atoms with Gasteiger partial charge in [0.05, 0.1) is 29.8 Å². The van der Waals surface area contributed by atoms with Gasteiger partial charge in [-0.2, -0.15) is 5.26 Å². The quantitative estimate of drug-likeness (QED) is 0.819. The molecule has 0 bridgehead atoms. The molecule has 0 aliphatic carbocycles. The predicted octanol–water partition coefficient (Wildman–Crippen LogP) is 3.66. The van der Waals surface area contributed by atoms with E-state index in [1.165, 1.54) is 7.11 Å². The molecule has 124 valence electrons. The van der Waals surface area contributed by atoms with E-state index in [2.05, 4.69) is 27.3 Å². The molecule has 0 aromatic heterocycles. The minimum absolute atomic E-state index is 0.237. The molecule has 1 amide bonds. The number of carbonyl (C=O) groups is 1. The minimum atomic E-state index is -0.237. The number of rotatable bonds is 6. The zero-order valence-corrected chi connectivity index (χ0v) is 15.0. The SMILES string of the molecule is CCOc1c(Br)cc(C(=O)NCc2cccc(C#N)c2)cc1OC. The largest absolute Gasteiger partial charge is 0.493 e. The first-order chi connectivity index (χ1) is 11.6. The summed E-state index contributed by atoms with van der Waals surface area (Å²) in [5.74, 6) is 0.820. The summed E-state index contributed by atoms with van der Waals surface area (Å²) in [6.45, 7) is 2.71. The van der Waals surface area contributed by atoms with Gasteiger partial charge in [-0.1, -0.05) is 12.1 Å². The maximum Gasteiger partial charge on any atom is 0.251 e. The lowest BCUT2D eigenvalue weighted by Gasteiger charge is -2.13. The molecule has 0 fully saturated rings. The summed E-state index contributed by atoms with van der Waals surface area (Å²) in [4.78, 5) is 12.4. The van der Waals surface area contributed by atoms with Crippen molar-refractivity contribution in [2.24, 2.45) is 0 Å². The number of halogens is 1. The molecule has 0 heterocycles. The van der Waals surface area contributed by atoms with Gasteiger partial charge in [-0.3, -0.25) is 4.79 Å². The van der Waals surface area contributed by atoms with Gasteiger partial charge in [0.15, 0.2) is 11.5 Å². The highest BCUT2D eigenvalue weighted by molar-refractivity contribution is 9.10. The van der Waals surface area contributed by atoms with Gasteiger partial charge in [-0.15, -0.1) is 0 Å². The smallest absolute Gasteiger partial charge is 0.251 e. The molecule has 0 radical (unpaired) electrons. The van der Waals surface area contributed by atoms with Gasteiger partial charge < -0.3 is 14.8 Å². The number of benzene rings is 2. The molecule has 2 rings (SSSR count). The first-order valence-electron chi connectivity index (χ1n) is 7.36. The van der Waals surface area contributed by atoms with E-state index in [1.807, 2.05) is 13.0 Å². The van der Waals surface area contributed by atoms with Crippen LogP contribution in [0, 0.1) is 11.3 Å². The van der Waals surface area contributed by atoms with Crippen LogP contribution >= 0.6 is 15.9 Å². The molecule has 0 aliphatic heterocycles. The molecule has 5 nitrogen and oxygen atoms in total. The van der Waals surface area contributed by atoms with Crippen molar-refractivity contribution in [3.8, 4) is 17.6 Å². The average molecular weight is 389 g/mol. The van der Waals surface area contributed by atoms with Crippen LogP contribution in [0.4, 0.5) is 0 Å². The molecule has 0 aliphatic rings. The van der Waals surface area contributed by atoms with Crippen molar-refractivity contribution in [1.29, 1.82) is 5.26 Å². The molecule has 1 N–H and O–H groups in total. The molecule has 0 saturated heterocycles. The maximum atomic E-state index is 12.4. The van der Waals surface area contributed by atoms with Gasteiger partial charge in [-0.05, 0) is 52.7 Å². The standard InChI is InChI=1S/C18H17BrN2O3/c1-3-24-17-15(19)8-14(9-16(17)23-2)18(22)21-11-13-6-4-5-12(7-13)10-20/h4-9H,3,11H2,1-2H3,(H,21,22). The Hall–Kier alpha value is -2.52. The van der Waals surface area contributed by atoms with Crippen LogP contribution < -0.4 is 14.8 Å². The highest BCUT2D eigenvalue weighted by Crippen LogP contribution is 2.36. The molecule has 2 aromatic rings. The van der Waals surface area contributed by atoms with Crippen LogP contribution in [0.3, 0.4) is 0 Å². The molecule has 24 heavy (non-hydrogen) atoms. The minimum Gasteiger partial charge on any atom is -0.493 e. The number of hydrogen-bond donors (Lipinski definition) is 1. The van der Waals surface area contributed by atoms with Gasteiger partial charge in [0.2, 0.25) is 0 Å². The number of carbonyl (C=O) groups excluding carboxylic acids is 1. The monoisotopic (exact) mass is 388 g/mol. The van der Waals surface area contributed by atoms with Gasteiger partial charge in [0.25, 0.3) is 5.91 Å². The zero-order valence-electron chi connectivity index (χ0n) is 13.4. The lowest BCUT2D eigenvalue weighted by Crippen LogP contribution is -2.23. The fourth-order valence-corrected chi connectivity index (χ4v) is 2.73. The van der Waals surface area contributed by atoms with Crippen molar-refractivity contribution < 1.29 is 14.3 Å². The van der Waals surface area contributed by atoms with Crippen molar-refractivity contribution in [3.63, 3.8) is 0 Å². The third kappa shape index (κ3) is 4.27. The number of amides is 1. The Balaban J connectivity index is 2.14. The van der Waals surface area contributed by atoms with Crippen LogP contribution in [0.1, 0.15) is 28.4 Å². The molecular weight excluding hydrogens is 372 g/mol. The van der Waals surface area contributed by atoms with Gasteiger partial charge in [0.1, 0.15) is 0 Å². The predicted molar refractivity (Wildman–Crippen MR) is 94.2 cm³/mol. The second-order valence-corrected chi connectivity index (χ2v) is 5.77. The first-order valence-corrected chi connectivity index (χ1v) is 8.16. The lowest BCUT2D eigenvalue weighted by molar-refractivity contribution is 0.0950. The summed E-state index contributed by atoms with van der Waals surface area (Å²) in [6.07, 6.45) is 0. The normalized spacial score (nSPS) is 9.92. The van der Waals surface area contributed by atoms with Crippen molar-refractivity contribution >= 4 is 21.8 Å². The van der Waals surface area contributed by atoms with E-state index in [-0.39, 0.29) is 5.91 Å². The number of nitriles is 1. The third-order valence-corrected chi connectivity index (χ3v) is 3.88. The third-order valence-electron chi connectivity index (χ3n) is 3.29. The van der Waals surface area contributed by atoms with E-state index < -0.39 is 0 Å². The molecular formula is C18H17BrN2O3. The number of hydrogen-bond acceptors (Lipinski definition) is 4. The topological polar surface area (TPSA) is 71.3 Å². The second kappa shape index (κ2) is 8.37. The fraction of sp³-hybridized carbons (Fsp3) is 0.222. The van der Waals surface area contributed by atoms with Crippen LogP contribution in [0.2, 0.25) is 0 Å². The number of ether oxygens (including phenoxy) is 2. The van der Waals surface area contributed by atoms with Crippen LogP contribution in [-0.2, 0) is 6.54 Å². The Labute approximate surface area is 149 Å². The van der Waals surface area contributed by atoms with E-state index in [0.717, 1.165) is 5.56 Å². The summed E-state index contributed by atoms with van der Waals surface area (Å²) in [5, 5.41) is 11.7. The Bertz CT molecular complexity index is 784. The van der Waals surface area contributed by atoms with Crippen molar-refractivity contribution in [3.05, 3.63) is 57.6 Å². The highest BCUT2D eigenvalue weighted by atomic mass is 79.9. The molecule has 0 spiro atoms. The van der Waals surface area contributed by atoms with Gasteiger partial charge >= 0.3 is 0 Å². The molecule has 0 unspecified atom stereocenters. The second-order valence-electron chi connectivity index (χ2n) is 4.92. The van der Waals surface area contributed by atoms with Gasteiger partial charge in [0, 0.05) is 12.1 Å². The van der Waals surface area contributed by atoms with E-state index in [9.17, 15) is 4.79 Å².